The minimum absolute atomic E-state index is 0.118. The van der Waals surface area contributed by atoms with Crippen LogP contribution in [0.25, 0.3) is 0 Å². The lowest BCUT2D eigenvalue weighted by Gasteiger charge is -2.36. The molecule has 4 rings (SSSR count). The smallest absolute Gasteiger partial charge is 0.251 e. The van der Waals surface area contributed by atoms with Gasteiger partial charge >= 0.3 is 0 Å². The predicted octanol–water partition coefficient (Wildman–Crippen LogP) is 1.16. The maximum Gasteiger partial charge on any atom is 0.251 e. The van der Waals surface area contributed by atoms with Gasteiger partial charge < -0.3 is 9.80 Å². The third-order valence-corrected chi connectivity index (χ3v) is 5.32. The Labute approximate surface area is 156 Å². The van der Waals surface area contributed by atoms with Crippen molar-refractivity contribution in [3.05, 3.63) is 24.5 Å². The average molecular weight is 378 g/mol. The van der Waals surface area contributed by atoms with Gasteiger partial charge in [-0.15, -0.1) is 0 Å². The normalized spacial score (nSPS) is 20.9. The molecule has 0 aromatic carbocycles. The van der Waals surface area contributed by atoms with Crippen LogP contribution in [0.2, 0.25) is 0 Å². The third-order valence-electron chi connectivity index (χ3n) is 5.32. The van der Waals surface area contributed by atoms with Crippen LogP contribution < -0.4 is 9.80 Å². The van der Waals surface area contributed by atoms with Crippen LogP contribution in [0.4, 0.5) is 20.4 Å². The van der Waals surface area contributed by atoms with E-state index in [1.54, 1.807) is 11.0 Å². The molecular formula is C17H24F2N8. The van der Waals surface area contributed by atoms with E-state index < -0.39 is 5.92 Å². The molecule has 0 unspecified atom stereocenters. The number of piperazine rings is 1. The number of aryl methyl sites for hydroxylation is 1. The van der Waals surface area contributed by atoms with Crippen molar-refractivity contribution in [1.82, 2.24) is 29.6 Å². The molecule has 0 bridgehead atoms. The number of rotatable bonds is 4. The molecule has 146 valence electrons. The van der Waals surface area contributed by atoms with E-state index in [2.05, 4.69) is 29.9 Å². The lowest BCUT2D eigenvalue weighted by molar-refractivity contribution is -0.0221. The number of alkyl halides is 2. The minimum atomic E-state index is -2.55. The van der Waals surface area contributed by atoms with Crippen molar-refractivity contribution < 1.29 is 8.78 Å². The highest BCUT2D eigenvalue weighted by atomic mass is 19.3. The van der Waals surface area contributed by atoms with Gasteiger partial charge in [-0.25, -0.2) is 23.7 Å². The molecule has 0 aliphatic carbocycles. The first kappa shape index (κ1) is 18.0. The van der Waals surface area contributed by atoms with Gasteiger partial charge in [0.05, 0.1) is 6.54 Å². The van der Waals surface area contributed by atoms with Crippen LogP contribution in [0, 0.1) is 0 Å². The largest absolute Gasteiger partial charge is 0.356 e. The van der Waals surface area contributed by atoms with Gasteiger partial charge in [-0.1, -0.05) is 0 Å². The van der Waals surface area contributed by atoms with Crippen molar-refractivity contribution in [3.63, 3.8) is 0 Å². The molecule has 0 radical (unpaired) electrons. The zero-order valence-corrected chi connectivity index (χ0v) is 15.4. The summed E-state index contributed by atoms with van der Waals surface area (Å²) >= 11 is 0. The van der Waals surface area contributed by atoms with E-state index in [9.17, 15) is 8.78 Å². The van der Waals surface area contributed by atoms with Gasteiger partial charge in [-0.05, 0) is 0 Å². The Morgan fingerprint density at radius 2 is 1.52 bits per heavy atom. The van der Waals surface area contributed by atoms with Crippen LogP contribution in [-0.4, -0.2) is 74.8 Å². The molecule has 27 heavy (non-hydrogen) atoms. The number of hydrogen-bond acceptors (Lipinski definition) is 7. The van der Waals surface area contributed by atoms with Gasteiger partial charge in [0.15, 0.2) is 0 Å². The molecule has 2 fully saturated rings. The number of hydrogen-bond donors (Lipinski definition) is 0. The second-order valence-corrected chi connectivity index (χ2v) is 7.14. The zero-order valence-electron chi connectivity index (χ0n) is 15.4. The van der Waals surface area contributed by atoms with Crippen molar-refractivity contribution in [1.29, 1.82) is 0 Å². The Morgan fingerprint density at radius 3 is 2.11 bits per heavy atom. The molecule has 4 heterocycles. The summed E-state index contributed by atoms with van der Waals surface area (Å²) in [6.07, 6.45) is 2.87. The number of anilines is 2. The second-order valence-electron chi connectivity index (χ2n) is 7.14. The molecule has 2 aromatic heterocycles. The molecule has 0 amide bonds. The Hall–Kier alpha value is -2.36. The zero-order chi connectivity index (χ0) is 18.9. The van der Waals surface area contributed by atoms with Crippen molar-refractivity contribution in [2.24, 2.45) is 7.05 Å². The number of halogens is 2. The van der Waals surface area contributed by atoms with Crippen LogP contribution in [-0.2, 0) is 13.6 Å². The fourth-order valence-corrected chi connectivity index (χ4v) is 3.54. The summed E-state index contributed by atoms with van der Waals surface area (Å²) in [5.41, 5.74) is 0. The SMILES string of the molecule is Cn1ncnc1CN1CCN(c2cc(N3CCC(F)(F)CC3)ncn2)CC1. The Morgan fingerprint density at radius 1 is 0.889 bits per heavy atom. The Bertz CT molecular complexity index is 762. The lowest BCUT2D eigenvalue weighted by Crippen LogP contribution is -2.46. The number of aromatic nitrogens is 5. The summed E-state index contributed by atoms with van der Waals surface area (Å²) < 4.78 is 28.6. The highest BCUT2D eigenvalue weighted by molar-refractivity contribution is 5.50. The van der Waals surface area contributed by atoms with Crippen molar-refractivity contribution in [2.45, 2.75) is 25.3 Å². The van der Waals surface area contributed by atoms with Crippen LogP contribution >= 0.6 is 0 Å². The molecule has 2 aliphatic heterocycles. The molecule has 2 aliphatic rings. The fourth-order valence-electron chi connectivity index (χ4n) is 3.54. The lowest BCUT2D eigenvalue weighted by atomic mass is 10.1. The molecule has 0 saturated carbocycles. The van der Waals surface area contributed by atoms with E-state index in [4.69, 9.17) is 0 Å². The van der Waals surface area contributed by atoms with Crippen molar-refractivity contribution >= 4 is 11.6 Å². The number of piperidine rings is 1. The van der Waals surface area contributed by atoms with Gasteiger partial charge in [0.25, 0.3) is 5.92 Å². The van der Waals surface area contributed by atoms with Crippen LogP contribution in [0.15, 0.2) is 18.7 Å². The van der Waals surface area contributed by atoms with Gasteiger partial charge in [0, 0.05) is 65.2 Å². The average Bonchev–Trinajstić information content (AvgIpc) is 3.07. The summed E-state index contributed by atoms with van der Waals surface area (Å²) in [4.78, 5) is 19.5. The highest BCUT2D eigenvalue weighted by Crippen LogP contribution is 2.30. The Kier molecular flexibility index (Phi) is 4.90. The summed E-state index contributed by atoms with van der Waals surface area (Å²) in [5.74, 6) is -0.00636. The first-order valence-electron chi connectivity index (χ1n) is 9.25. The topological polar surface area (TPSA) is 66.2 Å². The second kappa shape index (κ2) is 7.34. The van der Waals surface area contributed by atoms with Gasteiger partial charge in [0.1, 0.15) is 30.1 Å². The molecule has 8 nitrogen and oxygen atoms in total. The van der Waals surface area contributed by atoms with E-state index in [-0.39, 0.29) is 12.8 Å². The monoisotopic (exact) mass is 378 g/mol. The molecular weight excluding hydrogens is 354 g/mol. The van der Waals surface area contributed by atoms with Gasteiger partial charge in [0.2, 0.25) is 0 Å². The Balaban J connectivity index is 1.35. The quantitative estimate of drug-likeness (QED) is 0.791. The van der Waals surface area contributed by atoms with Crippen LogP contribution in [0.3, 0.4) is 0 Å². The maximum atomic E-state index is 13.4. The molecule has 10 heteroatoms. The summed E-state index contributed by atoms with van der Waals surface area (Å²) in [6, 6.07) is 1.92. The maximum absolute atomic E-state index is 13.4. The van der Waals surface area contributed by atoms with E-state index in [1.807, 2.05) is 18.0 Å². The van der Waals surface area contributed by atoms with E-state index >= 15 is 0 Å². The van der Waals surface area contributed by atoms with E-state index in [0.717, 1.165) is 50.2 Å². The summed E-state index contributed by atoms with van der Waals surface area (Å²) in [7, 11) is 1.90. The summed E-state index contributed by atoms with van der Waals surface area (Å²) in [5, 5.41) is 4.11. The van der Waals surface area contributed by atoms with E-state index in [0.29, 0.717) is 13.1 Å². The first-order valence-corrected chi connectivity index (χ1v) is 9.25. The molecule has 0 atom stereocenters. The van der Waals surface area contributed by atoms with Crippen LogP contribution in [0.5, 0.6) is 0 Å². The predicted molar refractivity (Wildman–Crippen MR) is 96.9 cm³/mol. The highest BCUT2D eigenvalue weighted by Gasteiger charge is 2.34. The van der Waals surface area contributed by atoms with Gasteiger partial charge in [-0.2, -0.15) is 5.10 Å². The standard InChI is InChI=1S/C17H24F2N8/c1-24-16(22-13-23-24)11-25-6-8-27(9-7-25)15-10-14(20-12-21-15)26-4-2-17(18,19)3-5-26/h10,12-13H,2-9,11H2,1H3. The molecule has 0 spiro atoms. The third kappa shape index (κ3) is 4.15. The van der Waals surface area contributed by atoms with Crippen LogP contribution in [0.1, 0.15) is 18.7 Å². The first-order chi connectivity index (χ1) is 13.0. The summed E-state index contributed by atoms with van der Waals surface area (Å²) in [6.45, 7) is 4.95. The molecule has 2 aromatic rings. The van der Waals surface area contributed by atoms with Crippen molar-refractivity contribution in [2.75, 3.05) is 49.1 Å². The minimum Gasteiger partial charge on any atom is -0.356 e. The number of nitrogens with zero attached hydrogens (tertiary/aromatic N) is 8. The fraction of sp³-hybridized carbons (Fsp3) is 0.647. The van der Waals surface area contributed by atoms with Crippen molar-refractivity contribution in [3.8, 4) is 0 Å². The molecule has 2 saturated heterocycles. The van der Waals surface area contributed by atoms with Gasteiger partial charge in [-0.3, -0.25) is 9.58 Å². The van der Waals surface area contributed by atoms with E-state index in [1.165, 1.54) is 6.33 Å². The molecule has 0 N–H and O–H groups in total.